The molecule has 0 spiro atoms. The Balaban J connectivity index is 2.78. The summed E-state index contributed by atoms with van der Waals surface area (Å²) in [5.74, 6) is -0.896. The number of nitrogens with zero attached hydrogens (tertiary/aromatic N) is 1. The van der Waals surface area contributed by atoms with E-state index in [-0.39, 0.29) is 12.5 Å². The van der Waals surface area contributed by atoms with Gasteiger partial charge in [0.05, 0.1) is 6.54 Å². The van der Waals surface area contributed by atoms with E-state index >= 15 is 0 Å². The first-order chi connectivity index (χ1) is 9.40. The highest BCUT2D eigenvalue weighted by Crippen LogP contribution is 2.09. The van der Waals surface area contributed by atoms with Crippen molar-refractivity contribution in [2.45, 2.75) is 32.9 Å². The number of amides is 2. The topological polar surface area (TPSA) is 49.4 Å². The van der Waals surface area contributed by atoms with Crippen molar-refractivity contribution in [1.29, 1.82) is 0 Å². The fourth-order valence-electron chi connectivity index (χ4n) is 1.84. The van der Waals surface area contributed by atoms with Crippen LogP contribution in [0.15, 0.2) is 30.3 Å². The Kier molecular flexibility index (Phi) is 6.09. The van der Waals surface area contributed by atoms with Gasteiger partial charge in [0.2, 0.25) is 11.8 Å². The van der Waals surface area contributed by atoms with Crippen LogP contribution in [-0.2, 0) is 16.1 Å². The monoisotopic (exact) mass is 284 g/mol. The molecular weight excluding hydrogens is 266 g/mol. The third-order valence-electron chi connectivity index (χ3n) is 2.68. The van der Waals surface area contributed by atoms with Gasteiger partial charge in [-0.2, -0.15) is 0 Å². The van der Waals surface area contributed by atoms with Crippen LogP contribution in [0.2, 0.25) is 0 Å². The molecule has 0 fully saturated rings. The molecule has 1 N–H and O–H groups in total. The molecule has 1 atom stereocenters. The highest BCUT2D eigenvalue weighted by Gasteiger charge is 2.23. The first-order valence-electron chi connectivity index (χ1n) is 6.28. The number of carbonyl (C=O) groups is 2. The van der Waals surface area contributed by atoms with Crippen LogP contribution in [0.25, 0.3) is 0 Å². The first kappa shape index (κ1) is 16.1. The van der Waals surface area contributed by atoms with Crippen LogP contribution in [-0.4, -0.2) is 35.7 Å². The quantitative estimate of drug-likeness (QED) is 0.866. The SMILES string of the molecule is CC(=O)N[C@H](C)C(=O)N(Cc1ccccc1)CC(F)F. The number of benzene rings is 1. The third-order valence-corrected chi connectivity index (χ3v) is 2.68. The van der Waals surface area contributed by atoms with Gasteiger partial charge in [0.15, 0.2) is 0 Å². The van der Waals surface area contributed by atoms with Gasteiger partial charge in [-0.25, -0.2) is 8.78 Å². The van der Waals surface area contributed by atoms with Crippen molar-refractivity contribution in [3.63, 3.8) is 0 Å². The molecule has 0 aromatic heterocycles. The molecule has 4 nitrogen and oxygen atoms in total. The molecule has 1 aromatic rings. The molecule has 0 aliphatic rings. The molecule has 0 aliphatic carbocycles. The Morgan fingerprint density at radius 1 is 1.25 bits per heavy atom. The molecule has 6 heteroatoms. The zero-order chi connectivity index (χ0) is 15.1. The number of halogens is 2. The lowest BCUT2D eigenvalue weighted by atomic mass is 10.2. The normalized spacial score (nSPS) is 12.1. The molecule has 0 saturated carbocycles. The Hall–Kier alpha value is -1.98. The highest BCUT2D eigenvalue weighted by atomic mass is 19.3. The summed E-state index contributed by atoms with van der Waals surface area (Å²) in [4.78, 5) is 24.1. The van der Waals surface area contributed by atoms with Crippen LogP contribution in [0.4, 0.5) is 8.78 Å². The van der Waals surface area contributed by atoms with Crippen LogP contribution in [0.5, 0.6) is 0 Å². The predicted molar refractivity (Wildman–Crippen MR) is 71.1 cm³/mol. The smallest absolute Gasteiger partial charge is 0.255 e. The zero-order valence-corrected chi connectivity index (χ0v) is 11.5. The molecule has 0 aliphatic heterocycles. The largest absolute Gasteiger partial charge is 0.345 e. The van der Waals surface area contributed by atoms with Gasteiger partial charge < -0.3 is 10.2 Å². The molecule has 0 radical (unpaired) electrons. The number of carbonyl (C=O) groups excluding carboxylic acids is 2. The molecule has 0 saturated heterocycles. The van der Waals surface area contributed by atoms with Crippen LogP contribution >= 0.6 is 0 Å². The van der Waals surface area contributed by atoms with Gasteiger partial charge in [-0.3, -0.25) is 9.59 Å². The van der Waals surface area contributed by atoms with Crippen LogP contribution in [0.1, 0.15) is 19.4 Å². The van der Waals surface area contributed by atoms with Gasteiger partial charge in [-0.05, 0) is 12.5 Å². The molecular formula is C14H18F2N2O2. The van der Waals surface area contributed by atoms with Crippen LogP contribution < -0.4 is 5.32 Å². The summed E-state index contributed by atoms with van der Waals surface area (Å²) in [5, 5.41) is 2.41. The number of rotatable bonds is 6. The number of alkyl halides is 2. The van der Waals surface area contributed by atoms with Gasteiger partial charge >= 0.3 is 0 Å². The van der Waals surface area contributed by atoms with E-state index in [0.717, 1.165) is 10.5 Å². The molecule has 110 valence electrons. The number of hydrogen-bond acceptors (Lipinski definition) is 2. The maximum Gasteiger partial charge on any atom is 0.255 e. The summed E-state index contributed by atoms with van der Waals surface area (Å²) in [6.45, 7) is 2.19. The van der Waals surface area contributed by atoms with E-state index in [1.165, 1.54) is 13.8 Å². The van der Waals surface area contributed by atoms with Crippen molar-refractivity contribution in [3.05, 3.63) is 35.9 Å². The maximum absolute atomic E-state index is 12.6. The Morgan fingerprint density at radius 2 is 1.85 bits per heavy atom. The molecule has 20 heavy (non-hydrogen) atoms. The van der Waals surface area contributed by atoms with Crippen molar-refractivity contribution in [2.75, 3.05) is 6.54 Å². The van der Waals surface area contributed by atoms with Gasteiger partial charge in [0, 0.05) is 13.5 Å². The minimum absolute atomic E-state index is 0.0912. The van der Waals surface area contributed by atoms with Crippen molar-refractivity contribution in [3.8, 4) is 0 Å². The molecule has 0 heterocycles. The van der Waals surface area contributed by atoms with Gasteiger partial charge in [-0.1, -0.05) is 30.3 Å². The van der Waals surface area contributed by atoms with Gasteiger partial charge in [0.1, 0.15) is 6.04 Å². The number of nitrogens with one attached hydrogen (secondary N) is 1. The third kappa shape index (κ3) is 5.34. The van der Waals surface area contributed by atoms with Gasteiger partial charge in [0.25, 0.3) is 6.43 Å². The highest BCUT2D eigenvalue weighted by molar-refractivity contribution is 5.86. The summed E-state index contributed by atoms with van der Waals surface area (Å²) in [6.07, 6.45) is -2.62. The molecule has 2 amide bonds. The van der Waals surface area contributed by atoms with E-state index in [2.05, 4.69) is 5.32 Å². The minimum Gasteiger partial charge on any atom is -0.345 e. The molecule has 1 rings (SSSR count). The minimum atomic E-state index is -2.62. The zero-order valence-electron chi connectivity index (χ0n) is 11.5. The average molecular weight is 284 g/mol. The lowest BCUT2D eigenvalue weighted by molar-refractivity contribution is -0.137. The van der Waals surface area contributed by atoms with E-state index in [0.29, 0.717) is 0 Å². The first-order valence-corrected chi connectivity index (χ1v) is 6.28. The van der Waals surface area contributed by atoms with Crippen molar-refractivity contribution in [2.24, 2.45) is 0 Å². The van der Waals surface area contributed by atoms with E-state index in [9.17, 15) is 18.4 Å². The summed E-state index contributed by atoms with van der Waals surface area (Å²) >= 11 is 0. The Morgan fingerprint density at radius 3 is 2.35 bits per heavy atom. The second kappa shape index (κ2) is 7.57. The average Bonchev–Trinajstić information content (AvgIpc) is 2.37. The van der Waals surface area contributed by atoms with E-state index in [1.807, 2.05) is 6.07 Å². The van der Waals surface area contributed by atoms with Crippen molar-refractivity contribution in [1.82, 2.24) is 10.2 Å². The lowest BCUT2D eigenvalue weighted by Gasteiger charge is -2.25. The standard InChI is InChI=1S/C14H18F2N2O2/c1-10(17-11(2)19)14(20)18(9-13(15)16)8-12-6-4-3-5-7-12/h3-7,10,13H,8-9H2,1-2H3,(H,17,19)/t10-/m1/s1. The summed E-state index contributed by atoms with van der Waals surface area (Å²) < 4.78 is 25.2. The fraction of sp³-hybridized carbons (Fsp3) is 0.429. The van der Waals surface area contributed by atoms with Crippen molar-refractivity contribution < 1.29 is 18.4 Å². The summed E-state index contributed by atoms with van der Waals surface area (Å²) in [6, 6.07) is 8.05. The van der Waals surface area contributed by atoms with Crippen molar-refractivity contribution >= 4 is 11.8 Å². The molecule has 0 bridgehead atoms. The van der Waals surface area contributed by atoms with E-state index in [4.69, 9.17) is 0 Å². The Labute approximate surface area is 116 Å². The Bertz CT molecular complexity index is 452. The predicted octanol–water partition coefficient (Wildman–Crippen LogP) is 1.80. The van der Waals surface area contributed by atoms with Gasteiger partial charge in [-0.15, -0.1) is 0 Å². The maximum atomic E-state index is 12.6. The molecule has 0 unspecified atom stereocenters. The lowest BCUT2D eigenvalue weighted by Crippen LogP contribution is -2.47. The van der Waals surface area contributed by atoms with Crippen LogP contribution in [0.3, 0.4) is 0 Å². The number of hydrogen-bond donors (Lipinski definition) is 1. The van der Waals surface area contributed by atoms with E-state index in [1.54, 1.807) is 24.3 Å². The second-order valence-corrected chi connectivity index (χ2v) is 4.52. The molecule has 1 aromatic carbocycles. The van der Waals surface area contributed by atoms with Crippen LogP contribution in [0, 0.1) is 0 Å². The summed E-state index contributed by atoms with van der Waals surface area (Å²) in [7, 11) is 0. The fourth-order valence-corrected chi connectivity index (χ4v) is 1.84. The summed E-state index contributed by atoms with van der Waals surface area (Å²) in [5.41, 5.74) is 0.761. The second-order valence-electron chi connectivity index (χ2n) is 4.52. The van der Waals surface area contributed by atoms with E-state index < -0.39 is 24.9 Å².